The first-order valence-corrected chi connectivity index (χ1v) is 8.85. The molecule has 2 atom stereocenters. The first-order chi connectivity index (χ1) is 10.2. The highest BCUT2D eigenvalue weighted by molar-refractivity contribution is 5.99. The van der Waals surface area contributed by atoms with Gasteiger partial charge in [-0.2, -0.15) is 0 Å². The summed E-state index contributed by atoms with van der Waals surface area (Å²) in [4.78, 5) is 24.0. The molecule has 2 fully saturated rings. The third kappa shape index (κ3) is 4.31. The molecule has 0 amide bonds. The molecule has 0 aliphatic heterocycles. The van der Waals surface area contributed by atoms with E-state index in [4.69, 9.17) is 4.74 Å². The first-order valence-electron chi connectivity index (χ1n) is 8.85. The third-order valence-corrected chi connectivity index (χ3v) is 5.50. The second-order valence-corrected chi connectivity index (χ2v) is 6.88. The summed E-state index contributed by atoms with van der Waals surface area (Å²) in [7, 11) is 0. The lowest BCUT2D eigenvalue weighted by Gasteiger charge is -2.36. The van der Waals surface area contributed by atoms with Gasteiger partial charge in [-0.3, -0.25) is 9.59 Å². The molecular formula is C18H30O3. The zero-order valence-corrected chi connectivity index (χ0v) is 13.6. The summed E-state index contributed by atoms with van der Waals surface area (Å²) >= 11 is 0. The minimum absolute atomic E-state index is 0.125. The monoisotopic (exact) mass is 294 g/mol. The van der Waals surface area contributed by atoms with Gasteiger partial charge in [0.25, 0.3) is 0 Å². The average Bonchev–Trinajstić information content (AvgIpc) is 2.48. The molecule has 3 heteroatoms. The van der Waals surface area contributed by atoms with Gasteiger partial charge in [-0.25, -0.2) is 0 Å². The number of carbonyl (C=O) groups excluding carboxylic acids is 2. The number of rotatable bonds is 5. The number of ketones is 1. The maximum atomic E-state index is 12.2. The molecule has 2 saturated carbocycles. The fourth-order valence-corrected chi connectivity index (χ4v) is 4.30. The fourth-order valence-electron chi connectivity index (χ4n) is 4.30. The van der Waals surface area contributed by atoms with E-state index in [9.17, 15) is 9.59 Å². The molecule has 21 heavy (non-hydrogen) atoms. The van der Waals surface area contributed by atoms with Crippen molar-refractivity contribution in [2.24, 2.45) is 23.7 Å². The number of carbonyl (C=O) groups is 2. The second kappa shape index (κ2) is 7.95. The van der Waals surface area contributed by atoms with Crippen LogP contribution in [0.2, 0.25) is 0 Å². The summed E-state index contributed by atoms with van der Waals surface area (Å²) in [5, 5.41) is 0. The van der Waals surface area contributed by atoms with E-state index in [1.165, 1.54) is 38.5 Å². The molecule has 3 nitrogen and oxygen atoms in total. The van der Waals surface area contributed by atoms with Crippen molar-refractivity contribution < 1.29 is 14.3 Å². The Morgan fingerprint density at radius 3 is 2.29 bits per heavy atom. The summed E-state index contributed by atoms with van der Waals surface area (Å²) in [6, 6.07) is 0. The van der Waals surface area contributed by atoms with Gasteiger partial charge in [0, 0.05) is 6.42 Å². The highest BCUT2D eigenvalue weighted by Crippen LogP contribution is 2.41. The second-order valence-electron chi connectivity index (χ2n) is 6.88. The lowest BCUT2D eigenvalue weighted by Crippen LogP contribution is -2.35. The maximum Gasteiger partial charge on any atom is 0.316 e. The summed E-state index contributed by atoms with van der Waals surface area (Å²) in [5.41, 5.74) is 0. The van der Waals surface area contributed by atoms with Crippen LogP contribution in [0.3, 0.4) is 0 Å². The topological polar surface area (TPSA) is 43.4 Å². The molecule has 2 aliphatic rings. The van der Waals surface area contributed by atoms with Crippen LogP contribution in [0.15, 0.2) is 0 Å². The Hall–Kier alpha value is -0.860. The zero-order valence-electron chi connectivity index (χ0n) is 13.6. The van der Waals surface area contributed by atoms with Gasteiger partial charge in [0.2, 0.25) is 0 Å². The minimum atomic E-state index is -0.474. The summed E-state index contributed by atoms with van der Waals surface area (Å²) in [6.45, 7) is 4.43. The molecule has 0 aromatic heterocycles. The number of Topliss-reactive ketones (excluding diaryl/α,β-unsaturated/α-hetero) is 1. The smallest absolute Gasteiger partial charge is 0.316 e. The van der Waals surface area contributed by atoms with E-state index < -0.39 is 5.92 Å². The Morgan fingerprint density at radius 2 is 1.71 bits per heavy atom. The molecule has 120 valence electrons. The van der Waals surface area contributed by atoms with Gasteiger partial charge in [0.15, 0.2) is 0 Å². The van der Waals surface area contributed by atoms with Crippen LogP contribution in [0.5, 0.6) is 0 Å². The lowest BCUT2D eigenvalue weighted by molar-refractivity contribution is -0.153. The fraction of sp³-hybridized carbons (Fsp3) is 0.889. The molecule has 0 bridgehead atoms. The van der Waals surface area contributed by atoms with Crippen molar-refractivity contribution in [2.45, 2.75) is 71.6 Å². The van der Waals surface area contributed by atoms with Gasteiger partial charge in [0.1, 0.15) is 11.7 Å². The van der Waals surface area contributed by atoms with Crippen LogP contribution < -0.4 is 0 Å². The molecule has 0 radical (unpaired) electrons. The van der Waals surface area contributed by atoms with Crippen LogP contribution in [0.25, 0.3) is 0 Å². The molecule has 0 N–H and O–H groups in total. The van der Waals surface area contributed by atoms with Crippen molar-refractivity contribution in [1.29, 1.82) is 0 Å². The van der Waals surface area contributed by atoms with Gasteiger partial charge in [-0.15, -0.1) is 0 Å². The highest BCUT2D eigenvalue weighted by Gasteiger charge is 2.38. The SMILES string of the molecule is CCC[C@H]1CC[C@H](C2CCC(C(=O)OCC)C(=O)C2)CC1. The van der Waals surface area contributed by atoms with Crippen LogP contribution in [0.1, 0.15) is 71.6 Å². The van der Waals surface area contributed by atoms with Crippen molar-refractivity contribution in [3.63, 3.8) is 0 Å². The van der Waals surface area contributed by atoms with E-state index >= 15 is 0 Å². The third-order valence-electron chi connectivity index (χ3n) is 5.50. The predicted molar refractivity (Wildman–Crippen MR) is 82.8 cm³/mol. The van der Waals surface area contributed by atoms with E-state index in [1.54, 1.807) is 6.92 Å². The largest absolute Gasteiger partial charge is 0.465 e. The van der Waals surface area contributed by atoms with E-state index in [0.29, 0.717) is 31.3 Å². The standard InChI is InChI=1S/C18H30O3/c1-3-5-13-6-8-14(9-7-13)15-10-11-16(17(19)12-15)18(20)21-4-2/h13-16H,3-12H2,1-2H3/t13-,14-,15?,16?. The minimum Gasteiger partial charge on any atom is -0.465 e. The van der Waals surface area contributed by atoms with E-state index in [0.717, 1.165) is 12.3 Å². The molecule has 0 heterocycles. The first kappa shape index (κ1) is 16.5. The Kier molecular flexibility index (Phi) is 6.25. The van der Waals surface area contributed by atoms with Crippen LogP contribution in [0, 0.1) is 23.7 Å². The summed E-state index contributed by atoms with van der Waals surface area (Å²) in [6.07, 6.45) is 10.2. The number of ether oxygens (including phenoxy) is 1. The lowest BCUT2D eigenvalue weighted by atomic mass is 9.68. The van der Waals surface area contributed by atoms with Gasteiger partial charge in [-0.05, 0) is 50.4 Å². The van der Waals surface area contributed by atoms with Crippen LogP contribution in [0.4, 0.5) is 0 Å². The Bertz CT molecular complexity index is 355. The van der Waals surface area contributed by atoms with Crippen LogP contribution in [-0.2, 0) is 14.3 Å². The van der Waals surface area contributed by atoms with Crippen molar-refractivity contribution in [3.8, 4) is 0 Å². The van der Waals surface area contributed by atoms with Crippen molar-refractivity contribution in [3.05, 3.63) is 0 Å². The quantitative estimate of drug-likeness (QED) is 0.565. The Labute approximate surface area is 128 Å². The normalized spacial score (nSPS) is 33.7. The summed E-state index contributed by atoms with van der Waals surface area (Å²) < 4.78 is 5.01. The maximum absolute atomic E-state index is 12.2. The van der Waals surface area contributed by atoms with Gasteiger partial charge in [-0.1, -0.05) is 32.6 Å². The van der Waals surface area contributed by atoms with Crippen molar-refractivity contribution in [2.75, 3.05) is 6.61 Å². The molecule has 0 aromatic carbocycles. The Balaban J connectivity index is 1.80. The zero-order chi connectivity index (χ0) is 15.2. The van der Waals surface area contributed by atoms with Crippen molar-refractivity contribution >= 4 is 11.8 Å². The van der Waals surface area contributed by atoms with Gasteiger partial charge >= 0.3 is 5.97 Å². The highest BCUT2D eigenvalue weighted by atomic mass is 16.5. The van der Waals surface area contributed by atoms with E-state index in [-0.39, 0.29) is 11.8 Å². The number of esters is 1. The van der Waals surface area contributed by atoms with E-state index in [2.05, 4.69) is 6.92 Å². The predicted octanol–water partition coefficient (Wildman–Crippen LogP) is 4.14. The molecule has 0 aromatic rings. The van der Waals surface area contributed by atoms with Gasteiger partial charge in [0.05, 0.1) is 6.61 Å². The summed E-state index contributed by atoms with van der Waals surface area (Å²) in [5.74, 6) is 1.50. The number of hydrogen-bond acceptors (Lipinski definition) is 3. The Morgan fingerprint density at radius 1 is 1.05 bits per heavy atom. The molecular weight excluding hydrogens is 264 g/mol. The molecule has 2 aliphatic carbocycles. The van der Waals surface area contributed by atoms with Crippen LogP contribution in [-0.4, -0.2) is 18.4 Å². The molecule has 2 unspecified atom stereocenters. The molecule has 0 spiro atoms. The molecule has 2 rings (SSSR count). The van der Waals surface area contributed by atoms with Gasteiger partial charge < -0.3 is 4.74 Å². The van der Waals surface area contributed by atoms with Crippen molar-refractivity contribution in [1.82, 2.24) is 0 Å². The van der Waals surface area contributed by atoms with Crippen LogP contribution >= 0.6 is 0 Å². The van der Waals surface area contributed by atoms with E-state index in [1.807, 2.05) is 0 Å². The molecule has 0 saturated heterocycles. The average molecular weight is 294 g/mol. The number of hydrogen-bond donors (Lipinski definition) is 0.